The van der Waals surface area contributed by atoms with E-state index < -0.39 is 22.7 Å². The molecular formula is C20H12Cl4N8O6S2. The predicted molar refractivity (Wildman–Crippen MR) is 151 cm³/mol. The summed E-state index contributed by atoms with van der Waals surface area (Å²) in [7, 11) is 0. The van der Waals surface area contributed by atoms with Crippen molar-refractivity contribution in [3.8, 4) is 11.5 Å². The molecule has 2 atom stereocenters. The van der Waals surface area contributed by atoms with Crippen molar-refractivity contribution in [2.75, 3.05) is 10.6 Å². The molecule has 0 aliphatic heterocycles. The van der Waals surface area contributed by atoms with Gasteiger partial charge in [0.2, 0.25) is 33.0 Å². The van der Waals surface area contributed by atoms with Gasteiger partial charge >= 0.3 is 22.7 Å². The van der Waals surface area contributed by atoms with Crippen molar-refractivity contribution in [3.63, 3.8) is 0 Å². The molecule has 2 aromatic carbocycles. The molecule has 40 heavy (non-hydrogen) atoms. The van der Waals surface area contributed by atoms with Crippen LogP contribution in [-0.2, 0) is 22.7 Å². The molecule has 4 N–H and O–H groups in total. The van der Waals surface area contributed by atoms with Gasteiger partial charge in [0.05, 0.1) is 0 Å². The van der Waals surface area contributed by atoms with Crippen molar-refractivity contribution >= 4 is 105 Å². The maximum Gasteiger partial charge on any atom is 0.357 e. The molecule has 0 saturated heterocycles. The molecule has 4 rings (SSSR count). The SMILES string of the molecule is O=S(O)Oc1cc(Nc2nc(Cl)nc(Cl)n2)ccc1C=Cc1ccc(Nc2nc(Cl)nc(Cl)n2)cc1OS(=O)O. The van der Waals surface area contributed by atoms with Crippen LogP contribution in [0.15, 0.2) is 36.4 Å². The molecule has 4 aromatic rings. The molecule has 14 nitrogen and oxygen atoms in total. The van der Waals surface area contributed by atoms with E-state index >= 15 is 0 Å². The molecule has 0 fully saturated rings. The first-order valence-electron chi connectivity index (χ1n) is 10.3. The number of rotatable bonds is 10. The van der Waals surface area contributed by atoms with Gasteiger partial charge in [-0.1, -0.05) is 12.2 Å². The quantitative estimate of drug-likeness (QED) is 0.125. The number of aromatic nitrogens is 6. The van der Waals surface area contributed by atoms with Crippen LogP contribution in [0, 0.1) is 0 Å². The Hall–Kier alpha value is -3.22. The maximum atomic E-state index is 11.4. The van der Waals surface area contributed by atoms with Crippen molar-refractivity contribution < 1.29 is 25.9 Å². The fraction of sp³-hybridized carbons (Fsp3) is 0. The number of nitrogens with one attached hydrogen (secondary N) is 2. The lowest BCUT2D eigenvalue weighted by Gasteiger charge is -2.11. The Morgan fingerprint density at radius 1 is 0.625 bits per heavy atom. The van der Waals surface area contributed by atoms with Gasteiger partial charge in [-0.2, -0.15) is 38.3 Å². The highest BCUT2D eigenvalue weighted by molar-refractivity contribution is 7.74. The van der Waals surface area contributed by atoms with E-state index in [-0.39, 0.29) is 44.5 Å². The topological polar surface area (TPSA) is 194 Å². The van der Waals surface area contributed by atoms with Crippen molar-refractivity contribution in [2.24, 2.45) is 0 Å². The molecule has 0 saturated carbocycles. The number of benzene rings is 2. The van der Waals surface area contributed by atoms with Crippen LogP contribution in [0.2, 0.25) is 21.1 Å². The minimum Gasteiger partial charge on any atom is -0.379 e. The van der Waals surface area contributed by atoms with E-state index in [1.165, 1.54) is 24.3 Å². The smallest absolute Gasteiger partial charge is 0.357 e. The van der Waals surface area contributed by atoms with Gasteiger partial charge in [-0.15, -0.1) is 0 Å². The average Bonchev–Trinajstić information content (AvgIpc) is 2.82. The minimum absolute atomic E-state index is 0.0107. The molecule has 0 aliphatic rings. The molecule has 2 aromatic heterocycles. The Labute approximate surface area is 250 Å². The minimum atomic E-state index is -2.66. The molecule has 2 heterocycles. The van der Waals surface area contributed by atoms with Crippen LogP contribution in [0.5, 0.6) is 11.5 Å². The molecule has 0 spiro atoms. The fourth-order valence-corrected chi connectivity index (χ4v) is 4.32. The second-order valence-corrected chi connectivity index (χ2v) is 9.64. The van der Waals surface area contributed by atoms with E-state index in [1.807, 2.05) is 0 Å². The zero-order valence-electron chi connectivity index (χ0n) is 19.2. The van der Waals surface area contributed by atoms with Gasteiger partial charge in [-0.3, -0.25) is 9.11 Å². The highest BCUT2D eigenvalue weighted by Crippen LogP contribution is 2.31. The third-order valence-corrected chi connectivity index (χ3v) is 5.79. The summed E-state index contributed by atoms with van der Waals surface area (Å²) in [6, 6.07) is 9.10. The average molecular weight is 666 g/mol. The van der Waals surface area contributed by atoms with E-state index in [1.54, 1.807) is 24.3 Å². The van der Waals surface area contributed by atoms with E-state index in [0.29, 0.717) is 22.5 Å². The third kappa shape index (κ3) is 8.64. The highest BCUT2D eigenvalue weighted by atomic mass is 35.5. The molecule has 208 valence electrons. The molecule has 0 radical (unpaired) electrons. The zero-order valence-corrected chi connectivity index (χ0v) is 23.8. The lowest BCUT2D eigenvalue weighted by Crippen LogP contribution is -2.03. The van der Waals surface area contributed by atoms with Crippen LogP contribution >= 0.6 is 46.4 Å². The fourth-order valence-electron chi connectivity index (χ4n) is 3.00. The first-order valence-corrected chi connectivity index (χ1v) is 13.8. The number of nitrogens with zero attached hydrogens (tertiary/aromatic N) is 6. The van der Waals surface area contributed by atoms with Gasteiger partial charge in [0.15, 0.2) is 11.5 Å². The Bertz CT molecular complexity index is 1490. The molecule has 0 amide bonds. The third-order valence-electron chi connectivity index (χ3n) is 4.47. The standard InChI is InChI=1S/C20H12Cl4N8O6S2/c21-15-27-16(22)30-19(29-15)25-11-5-3-9(13(7-11)37-39(33)34)1-2-10-4-6-12(8-14(10)38-40(35)36)26-20-31-17(23)28-18(24)32-20/h1-8H,(H,33,34)(H,35,36)(H,25,27,29,30)(H,26,28,31,32). The van der Waals surface area contributed by atoms with Crippen LogP contribution in [0.4, 0.5) is 23.3 Å². The van der Waals surface area contributed by atoms with Crippen molar-refractivity contribution in [1.82, 2.24) is 29.9 Å². The second kappa shape index (κ2) is 13.4. The number of hydrogen-bond donors (Lipinski definition) is 4. The lowest BCUT2D eigenvalue weighted by molar-refractivity contribution is 0.456. The van der Waals surface area contributed by atoms with Gasteiger partial charge < -0.3 is 19.0 Å². The summed E-state index contributed by atoms with van der Waals surface area (Å²) in [4.78, 5) is 22.9. The van der Waals surface area contributed by atoms with Crippen LogP contribution in [-0.4, -0.2) is 47.4 Å². The highest BCUT2D eigenvalue weighted by Gasteiger charge is 2.12. The van der Waals surface area contributed by atoms with E-state index in [4.69, 9.17) is 54.8 Å². The molecule has 2 unspecified atom stereocenters. The van der Waals surface area contributed by atoms with Crippen LogP contribution in [0.25, 0.3) is 12.2 Å². The zero-order chi connectivity index (χ0) is 28.8. The summed E-state index contributed by atoms with van der Waals surface area (Å²) in [6.45, 7) is 0. The largest absolute Gasteiger partial charge is 0.379 e. The first-order chi connectivity index (χ1) is 19.0. The summed E-state index contributed by atoms with van der Waals surface area (Å²) in [5, 5.41) is 5.10. The van der Waals surface area contributed by atoms with Crippen LogP contribution in [0.1, 0.15) is 11.1 Å². The van der Waals surface area contributed by atoms with Gasteiger partial charge in [0.1, 0.15) is 0 Å². The molecule has 0 bridgehead atoms. The van der Waals surface area contributed by atoms with Gasteiger partial charge in [0, 0.05) is 34.6 Å². The van der Waals surface area contributed by atoms with Crippen molar-refractivity contribution in [2.45, 2.75) is 0 Å². The monoisotopic (exact) mass is 664 g/mol. The Morgan fingerprint density at radius 2 is 0.975 bits per heavy atom. The summed E-state index contributed by atoms with van der Waals surface area (Å²) >= 11 is 17.8. The molecule has 20 heteroatoms. The molecular weight excluding hydrogens is 654 g/mol. The Balaban J connectivity index is 1.63. The number of hydrogen-bond acceptors (Lipinski definition) is 12. The number of halogens is 4. The van der Waals surface area contributed by atoms with Crippen molar-refractivity contribution in [3.05, 3.63) is 68.7 Å². The maximum absolute atomic E-state index is 11.4. The van der Waals surface area contributed by atoms with Gasteiger partial charge in [0.25, 0.3) is 0 Å². The van der Waals surface area contributed by atoms with E-state index in [9.17, 15) is 17.5 Å². The van der Waals surface area contributed by atoms with Gasteiger partial charge in [-0.05, 0) is 70.7 Å². The molecule has 0 aliphatic carbocycles. The van der Waals surface area contributed by atoms with E-state index in [0.717, 1.165) is 0 Å². The first kappa shape index (κ1) is 29.8. The van der Waals surface area contributed by atoms with Crippen molar-refractivity contribution in [1.29, 1.82) is 0 Å². The summed E-state index contributed by atoms with van der Waals surface area (Å²) in [6.07, 6.45) is 3.04. The lowest BCUT2D eigenvalue weighted by atomic mass is 10.1. The number of anilines is 4. The predicted octanol–water partition coefficient (Wildman–Crippen LogP) is 5.36. The van der Waals surface area contributed by atoms with Gasteiger partial charge in [-0.25, -0.2) is 0 Å². The summed E-state index contributed by atoms with van der Waals surface area (Å²) in [5.41, 5.74) is 1.44. The summed E-state index contributed by atoms with van der Waals surface area (Å²) < 4.78 is 51.5. The van der Waals surface area contributed by atoms with Crippen LogP contribution < -0.4 is 19.0 Å². The second-order valence-electron chi connectivity index (χ2n) is 7.08. The Kier molecular flexibility index (Phi) is 9.99. The normalized spacial score (nSPS) is 12.7. The summed E-state index contributed by atoms with van der Waals surface area (Å²) in [5.74, 6) is 0.0314. The van der Waals surface area contributed by atoms with E-state index in [2.05, 4.69) is 40.5 Å². The Morgan fingerprint density at radius 3 is 1.30 bits per heavy atom. The van der Waals surface area contributed by atoms with Crippen LogP contribution in [0.3, 0.4) is 0 Å².